The second-order valence-corrected chi connectivity index (χ2v) is 2.63. The molecule has 3 nitrogen and oxygen atoms in total. The molecule has 10 heavy (non-hydrogen) atoms. The lowest BCUT2D eigenvalue weighted by atomic mass is 10.2. The maximum Gasteiger partial charge on any atom is 0.0711 e. The number of nitrogens with two attached hydrogens (primary N) is 1. The fourth-order valence-electron chi connectivity index (χ4n) is 1.14. The van der Waals surface area contributed by atoms with Gasteiger partial charge in [-0.3, -0.25) is 0 Å². The van der Waals surface area contributed by atoms with Crippen molar-refractivity contribution in [3.05, 3.63) is 0 Å². The van der Waals surface area contributed by atoms with Crippen LogP contribution in [-0.4, -0.2) is 32.3 Å². The van der Waals surface area contributed by atoms with Crippen molar-refractivity contribution in [3.63, 3.8) is 0 Å². The van der Waals surface area contributed by atoms with Gasteiger partial charge in [-0.1, -0.05) is 0 Å². The predicted molar refractivity (Wildman–Crippen MR) is 40.9 cm³/mol. The van der Waals surface area contributed by atoms with Gasteiger partial charge in [-0.05, 0) is 25.9 Å². The molecule has 1 rings (SSSR count). The van der Waals surface area contributed by atoms with Gasteiger partial charge in [0, 0.05) is 13.2 Å². The second-order valence-electron chi connectivity index (χ2n) is 2.63. The first kappa shape index (κ1) is 7.98. The van der Waals surface area contributed by atoms with Crippen LogP contribution in [-0.2, 0) is 4.74 Å². The Labute approximate surface area is 61.9 Å². The highest BCUT2D eigenvalue weighted by Crippen LogP contribution is 2.00. The van der Waals surface area contributed by atoms with Gasteiger partial charge in [0.15, 0.2) is 0 Å². The van der Waals surface area contributed by atoms with E-state index in [1.54, 1.807) is 0 Å². The third-order valence-electron chi connectivity index (χ3n) is 1.71. The van der Waals surface area contributed by atoms with Crippen molar-refractivity contribution in [1.29, 1.82) is 0 Å². The fraction of sp³-hybridized carbons (Fsp3) is 1.00. The molecule has 0 aromatic heterocycles. The molecule has 1 aliphatic heterocycles. The minimum absolute atomic E-state index is 0.354. The summed E-state index contributed by atoms with van der Waals surface area (Å²) in [6, 6.07) is 0. The normalized spacial score (nSPS) is 27.9. The summed E-state index contributed by atoms with van der Waals surface area (Å²) in [4.78, 5) is 0. The maximum absolute atomic E-state index is 5.50. The summed E-state index contributed by atoms with van der Waals surface area (Å²) in [7, 11) is 0. The summed E-state index contributed by atoms with van der Waals surface area (Å²) >= 11 is 0. The van der Waals surface area contributed by atoms with Crippen LogP contribution in [0.15, 0.2) is 0 Å². The topological polar surface area (TPSA) is 47.3 Å². The fourth-order valence-corrected chi connectivity index (χ4v) is 1.14. The molecule has 1 atom stereocenters. The van der Waals surface area contributed by atoms with Crippen molar-refractivity contribution >= 4 is 0 Å². The molecule has 0 aromatic carbocycles. The van der Waals surface area contributed by atoms with Crippen LogP contribution in [0.25, 0.3) is 0 Å². The van der Waals surface area contributed by atoms with Crippen molar-refractivity contribution in [1.82, 2.24) is 5.32 Å². The van der Waals surface area contributed by atoms with Crippen molar-refractivity contribution in [3.8, 4) is 0 Å². The van der Waals surface area contributed by atoms with E-state index in [1.807, 2.05) is 0 Å². The Morgan fingerprint density at radius 3 is 3.30 bits per heavy atom. The van der Waals surface area contributed by atoms with E-state index in [0.29, 0.717) is 6.10 Å². The molecule has 0 spiro atoms. The van der Waals surface area contributed by atoms with Crippen LogP contribution in [0.3, 0.4) is 0 Å². The quantitative estimate of drug-likeness (QED) is 0.560. The van der Waals surface area contributed by atoms with Gasteiger partial charge in [0.2, 0.25) is 0 Å². The number of rotatable bonds is 2. The van der Waals surface area contributed by atoms with E-state index in [4.69, 9.17) is 10.5 Å². The number of hydrogen-bond acceptors (Lipinski definition) is 3. The van der Waals surface area contributed by atoms with Crippen LogP contribution in [0.5, 0.6) is 0 Å². The van der Waals surface area contributed by atoms with E-state index in [9.17, 15) is 0 Å². The summed E-state index contributed by atoms with van der Waals surface area (Å²) in [5.74, 6) is 0. The predicted octanol–water partition coefficient (Wildman–Crippen LogP) is -0.286. The summed E-state index contributed by atoms with van der Waals surface area (Å²) in [6.45, 7) is 3.67. The van der Waals surface area contributed by atoms with Crippen molar-refractivity contribution in [2.75, 3.05) is 26.2 Å². The summed E-state index contributed by atoms with van der Waals surface area (Å²) in [5.41, 5.74) is 5.40. The van der Waals surface area contributed by atoms with E-state index in [-0.39, 0.29) is 0 Å². The Kier molecular flexibility index (Phi) is 3.72. The zero-order chi connectivity index (χ0) is 7.23. The molecule has 0 amide bonds. The van der Waals surface area contributed by atoms with Crippen LogP contribution < -0.4 is 11.1 Å². The third-order valence-corrected chi connectivity index (χ3v) is 1.71. The van der Waals surface area contributed by atoms with Gasteiger partial charge in [-0.2, -0.15) is 0 Å². The van der Waals surface area contributed by atoms with Gasteiger partial charge < -0.3 is 15.8 Å². The Morgan fingerprint density at radius 2 is 2.50 bits per heavy atom. The largest absolute Gasteiger partial charge is 0.377 e. The van der Waals surface area contributed by atoms with E-state index in [2.05, 4.69) is 5.32 Å². The number of ether oxygens (including phenoxy) is 1. The van der Waals surface area contributed by atoms with Gasteiger partial charge in [0.25, 0.3) is 0 Å². The van der Waals surface area contributed by atoms with Crippen molar-refractivity contribution in [2.24, 2.45) is 5.73 Å². The zero-order valence-corrected chi connectivity index (χ0v) is 6.31. The average Bonchev–Trinajstić information content (AvgIpc) is 2.17. The highest BCUT2D eigenvalue weighted by Gasteiger charge is 2.09. The van der Waals surface area contributed by atoms with Crippen molar-refractivity contribution < 1.29 is 4.74 Å². The molecular weight excluding hydrogens is 128 g/mol. The standard InChI is InChI=1S/C7H16N2O/c8-3-2-7-6-9-4-1-5-10-7/h7,9H,1-6,8H2. The lowest BCUT2D eigenvalue weighted by molar-refractivity contribution is 0.0630. The number of nitrogens with one attached hydrogen (secondary N) is 1. The summed E-state index contributed by atoms with van der Waals surface area (Å²) in [6.07, 6.45) is 2.46. The van der Waals surface area contributed by atoms with Gasteiger partial charge >= 0.3 is 0 Å². The molecule has 1 saturated heterocycles. The Bertz CT molecular complexity index is 79.7. The van der Waals surface area contributed by atoms with E-state index in [0.717, 1.165) is 39.1 Å². The molecule has 3 N–H and O–H groups in total. The van der Waals surface area contributed by atoms with Gasteiger partial charge in [0.05, 0.1) is 6.10 Å². The van der Waals surface area contributed by atoms with E-state index >= 15 is 0 Å². The molecule has 0 aromatic rings. The molecule has 0 bridgehead atoms. The highest BCUT2D eigenvalue weighted by molar-refractivity contribution is 4.65. The van der Waals surface area contributed by atoms with Crippen LogP contribution in [0.1, 0.15) is 12.8 Å². The SMILES string of the molecule is NCCC1CNCCCO1. The highest BCUT2D eigenvalue weighted by atomic mass is 16.5. The summed E-state index contributed by atoms with van der Waals surface area (Å²) < 4.78 is 5.50. The zero-order valence-electron chi connectivity index (χ0n) is 6.31. The smallest absolute Gasteiger partial charge is 0.0711 e. The minimum atomic E-state index is 0.354. The summed E-state index contributed by atoms with van der Waals surface area (Å²) in [5, 5.41) is 3.30. The minimum Gasteiger partial charge on any atom is -0.377 e. The molecule has 3 heteroatoms. The van der Waals surface area contributed by atoms with Gasteiger partial charge in [-0.25, -0.2) is 0 Å². The first-order valence-electron chi connectivity index (χ1n) is 3.96. The van der Waals surface area contributed by atoms with Gasteiger partial charge in [0.1, 0.15) is 0 Å². The maximum atomic E-state index is 5.50. The molecule has 60 valence electrons. The van der Waals surface area contributed by atoms with Crippen LogP contribution in [0.2, 0.25) is 0 Å². The van der Waals surface area contributed by atoms with Crippen LogP contribution >= 0.6 is 0 Å². The Hall–Kier alpha value is -0.120. The molecule has 0 saturated carbocycles. The second kappa shape index (κ2) is 4.66. The van der Waals surface area contributed by atoms with Crippen LogP contribution in [0.4, 0.5) is 0 Å². The van der Waals surface area contributed by atoms with Crippen molar-refractivity contribution in [2.45, 2.75) is 18.9 Å². The first-order valence-corrected chi connectivity index (χ1v) is 3.96. The van der Waals surface area contributed by atoms with E-state index < -0.39 is 0 Å². The molecular formula is C7H16N2O. The Balaban J connectivity index is 2.15. The molecule has 1 heterocycles. The van der Waals surface area contributed by atoms with E-state index in [1.165, 1.54) is 0 Å². The lowest BCUT2D eigenvalue weighted by Gasteiger charge is -2.12. The average molecular weight is 144 g/mol. The van der Waals surface area contributed by atoms with Crippen LogP contribution in [0, 0.1) is 0 Å². The number of hydrogen-bond donors (Lipinski definition) is 2. The monoisotopic (exact) mass is 144 g/mol. The molecule has 0 radical (unpaired) electrons. The third kappa shape index (κ3) is 2.64. The molecule has 1 fully saturated rings. The molecule has 1 unspecified atom stereocenters. The molecule has 1 aliphatic rings. The Morgan fingerprint density at radius 1 is 1.60 bits per heavy atom. The lowest BCUT2D eigenvalue weighted by Crippen LogP contribution is -2.28. The molecule has 0 aliphatic carbocycles. The first-order chi connectivity index (χ1) is 4.93. The van der Waals surface area contributed by atoms with Gasteiger partial charge in [-0.15, -0.1) is 0 Å².